The molecule has 112 valence electrons. The van der Waals surface area contributed by atoms with Gasteiger partial charge in [0.05, 0.1) is 0 Å². The summed E-state index contributed by atoms with van der Waals surface area (Å²) in [6, 6.07) is 8.04. The molecule has 1 aromatic rings. The van der Waals surface area contributed by atoms with E-state index in [-0.39, 0.29) is 5.82 Å². The predicted molar refractivity (Wildman–Crippen MR) is 82.4 cm³/mol. The Bertz CT molecular complexity index is 419. The van der Waals surface area contributed by atoms with Gasteiger partial charge in [0, 0.05) is 18.6 Å². The Morgan fingerprint density at radius 3 is 2.70 bits per heavy atom. The van der Waals surface area contributed by atoms with Crippen LogP contribution in [-0.4, -0.2) is 36.6 Å². The summed E-state index contributed by atoms with van der Waals surface area (Å²) in [6.07, 6.45) is 2.03. The lowest BCUT2D eigenvalue weighted by Crippen LogP contribution is -2.35. The Balaban J connectivity index is 1.73. The molecule has 0 amide bonds. The van der Waals surface area contributed by atoms with Crippen molar-refractivity contribution in [1.29, 1.82) is 0 Å². The first-order valence-corrected chi connectivity index (χ1v) is 7.77. The molecular weight excluding hydrogens is 251 g/mol. The van der Waals surface area contributed by atoms with Crippen LogP contribution < -0.4 is 5.32 Å². The van der Waals surface area contributed by atoms with Crippen LogP contribution in [0.4, 0.5) is 4.39 Å². The topological polar surface area (TPSA) is 15.3 Å². The maximum atomic E-state index is 13.6. The predicted octanol–water partition coefficient (Wildman–Crippen LogP) is 3.08. The van der Waals surface area contributed by atoms with Crippen molar-refractivity contribution in [3.8, 4) is 0 Å². The van der Waals surface area contributed by atoms with Gasteiger partial charge in [0.2, 0.25) is 0 Å². The molecule has 1 aliphatic rings. The van der Waals surface area contributed by atoms with Gasteiger partial charge in [-0.2, -0.15) is 0 Å². The van der Waals surface area contributed by atoms with Crippen LogP contribution in [0.25, 0.3) is 0 Å². The van der Waals surface area contributed by atoms with Crippen molar-refractivity contribution >= 4 is 0 Å². The Morgan fingerprint density at radius 2 is 2.05 bits per heavy atom. The third-order valence-corrected chi connectivity index (χ3v) is 4.29. The number of rotatable bonds is 6. The molecule has 20 heavy (non-hydrogen) atoms. The Labute approximate surface area is 122 Å². The third kappa shape index (κ3) is 4.29. The Hall–Kier alpha value is -0.930. The summed E-state index contributed by atoms with van der Waals surface area (Å²) < 4.78 is 13.6. The van der Waals surface area contributed by atoms with Gasteiger partial charge in [-0.25, -0.2) is 4.39 Å². The lowest BCUT2D eigenvalue weighted by atomic mass is 10.0. The van der Waals surface area contributed by atoms with Crippen LogP contribution in [0, 0.1) is 11.7 Å². The monoisotopic (exact) mass is 278 g/mol. The largest absolute Gasteiger partial charge is 0.314 e. The molecule has 1 saturated heterocycles. The normalized spacial score (nSPS) is 21.6. The number of nitrogens with one attached hydrogen (secondary N) is 1. The molecule has 1 heterocycles. The molecule has 0 aromatic heterocycles. The van der Waals surface area contributed by atoms with E-state index in [4.69, 9.17) is 0 Å². The highest BCUT2D eigenvalue weighted by Gasteiger charge is 2.24. The molecule has 1 N–H and O–H groups in total. The molecule has 3 heteroatoms. The van der Waals surface area contributed by atoms with E-state index in [0.29, 0.717) is 12.1 Å². The van der Waals surface area contributed by atoms with E-state index in [0.717, 1.165) is 24.4 Å². The zero-order valence-corrected chi connectivity index (χ0v) is 12.9. The van der Waals surface area contributed by atoms with Gasteiger partial charge < -0.3 is 10.2 Å². The molecule has 0 aliphatic carbocycles. The molecule has 1 aliphatic heterocycles. The number of halogens is 1. The second-order valence-corrected chi connectivity index (χ2v) is 6.35. The van der Waals surface area contributed by atoms with E-state index < -0.39 is 0 Å². The van der Waals surface area contributed by atoms with Crippen molar-refractivity contribution < 1.29 is 4.39 Å². The number of likely N-dealkylation sites (tertiary alicyclic amines) is 1. The highest BCUT2D eigenvalue weighted by atomic mass is 19.1. The SMILES string of the molecule is CC(Cc1ccccc1F)NCC1CCN(C(C)C)C1. The lowest BCUT2D eigenvalue weighted by molar-refractivity contribution is 0.263. The molecule has 1 aromatic carbocycles. The van der Waals surface area contributed by atoms with Crippen LogP contribution in [0.5, 0.6) is 0 Å². The van der Waals surface area contributed by atoms with E-state index >= 15 is 0 Å². The Morgan fingerprint density at radius 1 is 1.30 bits per heavy atom. The highest BCUT2D eigenvalue weighted by Crippen LogP contribution is 2.18. The van der Waals surface area contributed by atoms with Crippen LogP contribution in [0.15, 0.2) is 24.3 Å². The molecule has 2 unspecified atom stereocenters. The van der Waals surface area contributed by atoms with Gasteiger partial charge >= 0.3 is 0 Å². The first-order chi connectivity index (χ1) is 9.56. The highest BCUT2D eigenvalue weighted by molar-refractivity contribution is 5.18. The molecular formula is C17H27FN2. The van der Waals surface area contributed by atoms with E-state index in [1.54, 1.807) is 12.1 Å². The maximum absolute atomic E-state index is 13.6. The van der Waals surface area contributed by atoms with Crippen molar-refractivity contribution in [2.24, 2.45) is 5.92 Å². The minimum atomic E-state index is -0.0898. The van der Waals surface area contributed by atoms with Gasteiger partial charge in [-0.05, 0) is 64.3 Å². The molecule has 2 atom stereocenters. The Kier molecular flexibility index (Phi) is 5.55. The zero-order chi connectivity index (χ0) is 14.5. The quantitative estimate of drug-likeness (QED) is 0.860. The molecule has 0 saturated carbocycles. The van der Waals surface area contributed by atoms with Crippen LogP contribution in [-0.2, 0) is 6.42 Å². The summed E-state index contributed by atoms with van der Waals surface area (Å²) in [6.45, 7) is 10.1. The average molecular weight is 278 g/mol. The third-order valence-electron chi connectivity index (χ3n) is 4.29. The van der Waals surface area contributed by atoms with Crippen LogP contribution in [0.1, 0.15) is 32.8 Å². The average Bonchev–Trinajstić information content (AvgIpc) is 2.88. The molecule has 2 nitrogen and oxygen atoms in total. The smallest absolute Gasteiger partial charge is 0.126 e. The molecule has 0 bridgehead atoms. The number of hydrogen-bond donors (Lipinski definition) is 1. The molecule has 0 spiro atoms. The van der Waals surface area contributed by atoms with Gasteiger partial charge in [-0.15, -0.1) is 0 Å². The summed E-state index contributed by atoms with van der Waals surface area (Å²) >= 11 is 0. The van der Waals surface area contributed by atoms with Crippen LogP contribution in [0.2, 0.25) is 0 Å². The van der Waals surface area contributed by atoms with Gasteiger partial charge in [-0.3, -0.25) is 0 Å². The van der Waals surface area contributed by atoms with Crippen molar-refractivity contribution in [2.75, 3.05) is 19.6 Å². The standard InChI is InChI=1S/C17H27FN2/c1-13(2)20-9-8-15(12-20)11-19-14(3)10-16-6-4-5-7-17(16)18/h4-7,13-15,19H,8-12H2,1-3H3. The number of nitrogens with zero attached hydrogens (tertiary/aromatic N) is 1. The summed E-state index contributed by atoms with van der Waals surface area (Å²) in [5, 5.41) is 3.57. The van der Waals surface area contributed by atoms with E-state index in [2.05, 4.69) is 31.0 Å². The van der Waals surface area contributed by atoms with Crippen LogP contribution in [0.3, 0.4) is 0 Å². The fourth-order valence-corrected chi connectivity index (χ4v) is 2.93. The summed E-state index contributed by atoms with van der Waals surface area (Å²) in [4.78, 5) is 2.54. The van der Waals surface area contributed by atoms with E-state index in [1.807, 2.05) is 12.1 Å². The first kappa shape index (κ1) is 15.5. The fourth-order valence-electron chi connectivity index (χ4n) is 2.93. The minimum Gasteiger partial charge on any atom is -0.314 e. The first-order valence-electron chi connectivity index (χ1n) is 7.77. The van der Waals surface area contributed by atoms with Gasteiger partial charge in [0.15, 0.2) is 0 Å². The number of hydrogen-bond acceptors (Lipinski definition) is 2. The van der Waals surface area contributed by atoms with E-state index in [9.17, 15) is 4.39 Å². The van der Waals surface area contributed by atoms with Crippen molar-refractivity contribution in [3.05, 3.63) is 35.6 Å². The van der Waals surface area contributed by atoms with Gasteiger partial charge in [-0.1, -0.05) is 18.2 Å². The maximum Gasteiger partial charge on any atom is 0.126 e. The molecule has 0 radical (unpaired) electrons. The second kappa shape index (κ2) is 7.19. The summed E-state index contributed by atoms with van der Waals surface area (Å²) in [5.41, 5.74) is 0.808. The van der Waals surface area contributed by atoms with E-state index in [1.165, 1.54) is 19.5 Å². The van der Waals surface area contributed by atoms with Crippen LogP contribution >= 0.6 is 0 Å². The lowest BCUT2D eigenvalue weighted by Gasteiger charge is -2.21. The fraction of sp³-hybridized carbons (Fsp3) is 0.647. The van der Waals surface area contributed by atoms with Crippen molar-refractivity contribution in [1.82, 2.24) is 10.2 Å². The van der Waals surface area contributed by atoms with Gasteiger partial charge in [0.25, 0.3) is 0 Å². The summed E-state index contributed by atoms with van der Waals surface area (Å²) in [7, 11) is 0. The minimum absolute atomic E-state index is 0.0898. The molecule has 1 fully saturated rings. The zero-order valence-electron chi connectivity index (χ0n) is 12.9. The summed E-state index contributed by atoms with van der Waals surface area (Å²) in [5.74, 6) is 0.647. The number of benzene rings is 1. The second-order valence-electron chi connectivity index (χ2n) is 6.35. The van der Waals surface area contributed by atoms with Gasteiger partial charge in [0.1, 0.15) is 5.82 Å². The van der Waals surface area contributed by atoms with Crippen molar-refractivity contribution in [3.63, 3.8) is 0 Å². The van der Waals surface area contributed by atoms with Crippen molar-refractivity contribution in [2.45, 2.75) is 45.7 Å². The molecule has 2 rings (SSSR count).